The number of epoxide rings is 1. The van der Waals surface area contributed by atoms with E-state index in [4.69, 9.17) is 29.0 Å². The molecule has 0 amide bonds. The Labute approximate surface area is 826 Å². The Kier molecular flexibility index (Phi) is 56.9. The second-order valence-electron chi connectivity index (χ2n) is 28.8. The SMILES string of the molecule is CCCc1ccccc1.Cc1cc(OCc2ccccc2)cc(C(O)CBr)c1.Cc1cc(OCc2ccccc2)cc(C(O)CCCCc2ccccc2)c1.Cc1cc(OCc2ccccc2)cc(C2CO2)c1.O=CO[O-].Oc1cc(O)cc(C(O)CCCCc2ccccc2)c1.Oc1cc(O)cc(C(O)CCCCc2ccccc2)c1.[CH3-].[H-].[K+].[K+].[Pd]. The molecule has 0 saturated carbocycles. The van der Waals surface area contributed by atoms with Gasteiger partial charge < -0.3 is 78.8 Å². The van der Waals surface area contributed by atoms with Gasteiger partial charge >= 0.3 is 103 Å². The van der Waals surface area contributed by atoms with Crippen molar-refractivity contribution in [2.75, 3.05) is 11.9 Å². The first-order valence-electron chi connectivity index (χ1n) is 40.0. The fourth-order valence-corrected chi connectivity index (χ4v) is 13.1. The number of ether oxygens (including phenoxy) is 4. The van der Waals surface area contributed by atoms with Crippen molar-refractivity contribution in [3.05, 3.63) is 394 Å². The number of aliphatic hydroxyl groups is 4. The number of carbonyl (C=O) groups excluding carboxylic acids is 1. The van der Waals surface area contributed by atoms with E-state index in [0.29, 0.717) is 49.1 Å². The number of aromatic hydroxyl groups is 4. The van der Waals surface area contributed by atoms with Gasteiger partial charge in [-0.05, 0) is 229 Å². The minimum atomic E-state index is -0.649. The van der Waals surface area contributed by atoms with Crippen molar-refractivity contribution in [1.29, 1.82) is 0 Å². The van der Waals surface area contributed by atoms with Gasteiger partial charge in [-0.25, -0.2) is 0 Å². The Morgan fingerprint density at radius 1 is 0.388 bits per heavy atom. The van der Waals surface area contributed by atoms with Crippen LogP contribution in [-0.2, 0) is 80.3 Å². The van der Waals surface area contributed by atoms with Crippen molar-refractivity contribution in [3.8, 4) is 40.2 Å². The summed E-state index contributed by atoms with van der Waals surface area (Å²) in [6, 6.07) is 98.6. The molecule has 12 aromatic rings. The first-order valence-corrected chi connectivity index (χ1v) is 41.2. The molecule has 13 rings (SSSR count). The number of aliphatic hydroxyl groups excluding tert-OH is 4. The molecule has 0 radical (unpaired) electrons. The molecule has 1 saturated heterocycles. The van der Waals surface area contributed by atoms with Crippen LogP contribution in [0.5, 0.6) is 40.2 Å². The zero-order chi connectivity index (χ0) is 83.6. The number of halogens is 1. The molecule has 0 aromatic heterocycles. The summed E-state index contributed by atoms with van der Waals surface area (Å²) < 4.78 is 22.9. The van der Waals surface area contributed by atoms with E-state index in [2.05, 4.69) is 162 Å². The van der Waals surface area contributed by atoms with Crippen molar-refractivity contribution in [2.24, 2.45) is 0 Å². The summed E-state index contributed by atoms with van der Waals surface area (Å²) in [5.41, 5.74) is 16.4. The molecule has 15 nitrogen and oxygen atoms in total. The predicted octanol–water partition coefficient (Wildman–Crippen LogP) is 16.4. The maximum absolute atomic E-state index is 10.6. The summed E-state index contributed by atoms with van der Waals surface area (Å²) in [6.07, 6.45) is 11.5. The van der Waals surface area contributed by atoms with E-state index in [0.717, 1.165) is 121 Å². The molecule has 636 valence electrons. The molecule has 1 fully saturated rings. The van der Waals surface area contributed by atoms with Crippen molar-refractivity contribution < 1.29 is 199 Å². The zero-order valence-corrected chi connectivity index (χ0v) is 80.3. The molecule has 121 heavy (non-hydrogen) atoms. The molecule has 1 heterocycles. The van der Waals surface area contributed by atoms with Crippen LogP contribution in [0.1, 0.15) is 187 Å². The molecule has 5 unspecified atom stereocenters. The third kappa shape index (κ3) is 45.9. The number of alkyl halides is 1. The predicted molar refractivity (Wildman–Crippen MR) is 475 cm³/mol. The van der Waals surface area contributed by atoms with Crippen LogP contribution in [-0.4, -0.2) is 59.3 Å². The van der Waals surface area contributed by atoms with Gasteiger partial charge in [-0.1, -0.05) is 279 Å². The number of phenols is 4. The van der Waals surface area contributed by atoms with Gasteiger partial charge in [0.1, 0.15) is 66.2 Å². The molecule has 19 heteroatoms. The molecule has 12 aromatic carbocycles. The van der Waals surface area contributed by atoms with E-state index in [1.165, 1.54) is 88.2 Å². The molecule has 0 aliphatic carbocycles. The van der Waals surface area contributed by atoms with E-state index in [9.17, 15) is 40.9 Å². The monoisotopic (exact) mass is 1850 g/mol. The van der Waals surface area contributed by atoms with Crippen LogP contribution in [0, 0.1) is 28.2 Å². The van der Waals surface area contributed by atoms with E-state index < -0.39 is 24.4 Å². The van der Waals surface area contributed by atoms with Crippen LogP contribution in [0.3, 0.4) is 0 Å². The number of phenolic OH excluding ortho intramolecular Hbond substituents is 4. The van der Waals surface area contributed by atoms with Crippen LogP contribution in [0.25, 0.3) is 0 Å². The number of benzene rings is 12. The average molecular weight is 1850 g/mol. The molecule has 1 aliphatic heterocycles. The zero-order valence-electron chi connectivity index (χ0n) is 71.9. The van der Waals surface area contributed by atoms with Gasteiger partial charge in [0, 0.05) is 37.9 Å². The minimum Gasteiger partial charge on any atom is -1.00 e. The van der Waals surface area contributed by atoms with Gasteiger partial charge in [0.05, 0.1) is 31.0 Å². The molecule has 0 bridgehead atoms. The van der Waals surface area contributed by atoms with Crippen LogP contribution in [0.15, 0.2) is 303 Å². The normalized spacial score (nSPS) is 12.1. The van der Waals surface area contributed by atoms with Gasteiger partial charge in [-0.15, -0.1) is 0 Å². The number of aryl methyl sites for hydroxylation is 7. The van der Waals surface area contributed by atoms with E-state index in [-0.39, 0.29) is 168 Å². The molecular weight excluding hydrogens is 1730 g/mol. The summed E-state index contributed by atoms with van der Waals surface area (Å²) in [6.45, 7) is 10.7. The van der Waals surface area contributed by atoms with Crippen molar-refractivity contribution in [2.45, 2.75) is 168 Å². The maximum atomic E-state index is 10.6. The first-order chi connectivity index (χ1) is 56.8. The number of hydrogen-bond acceptors (Lipinski definition) is 15. The molecule has 0 spiro atoms. The smallest absolute Gasteiger partial charge is 1.00 e. The van der Waals surface area contributed by atoms with Crippen LogP contribution < -0.4 is 122 Å². The fourth-order valence-electron chi connectivity index (χ4n) is 12.7. The van der Waals surface area contributed by atoms with Crippen LogP contribution in [0.2, 0.25) is 0 Å². The summed E-state index contributed by atoms with van der Waals surface area (Å²) in [4.78, 5) is 11.2. The van der Waals surface area contributed by atoms with Gasteiger partial charge in [0.25, 0.3) is 6.47 Å². The molecular formula is C102H118BrK2O15Pd-. The Balaban J connectivity index is 0.000000496. The number of carbonyl (C=O) groups is 1. The quantitative estimate of drug-likeness (QED) is 0.00278. The Bertz CT molecular complexity index is 4550. The third-order valence-corrected chi connectivity index (χ3v) is 19.3. The van der Waals surface area contributed by atoms with Crippen molar-refractivity contribution in [3.63, 3.8) is 0 Å². The van der Waals surface area contributed by atoms with Gasteiger partial charge in [0.15, 0.2) is 0 Å². The Morgan fingerprint density at radius 3 is 0.917 bits per heavy atom. The minimum absolute atomic E-state index is 0. The van der Waals surface area contributed by atoms with E-state index in [1.807, 2.05) is 153 Å². The number of hydrogen-bond donors (Lipinski definition) is 8. The van der Waals surface area contributed by atoms with Gasteiger partial charge in [-0.3, -0.25) is 4.79 Å². The molecule has 1 aliphatic rings. The second kappa shape index (κ2) is 63.7. The van der Waals surface area contributed by atoms with Crippen LogP contribution in [0.4, 0.5) is 0 Å². The van der Waals surface area contributed by atoms with Crippen molar-refractivity contribution >= 4 is 22.4 Å². The summed E-state index contributed by atoms with van der Waals surface area (Å²) in [7, 11) is 0. The topological polar surface area (TPSA) is 251 Å². The van der Waals surface area contributed by atoms with Crippen molar-refractivity contribution in [1.82, 2.24) is 0 Å². The summed E-state index contributed by atoms with van der Waals surface area (Å²) in [5.74, 6) is 2.43. The average Bonchev–Trinajstić information content (AvgIpc) is 1.64. The van der Waals surface area contributed by atoms with Gasteiger partial charge in [0.2, 0.25) is 0 Å². The van der Waals surface area contributed by atoms with E-state index in [1.54, 1.807) is 0 Å². The molecule has 8 N–H and O–H groups in total. The van der Waals surface area contributed by atoms with E-state index >= 15 is 0 Å². The second-order valence-corrected chi connectivity index (χ2v) is 29.4. The fraction of sp³-hybridized carbons (Fsp3) is 0.275. The third-order valence-electron chi connectivity index (χ3n) is 18.7. The van der Waals surface area contributed by atoms with Gasteiger partial charge in [-0.2, -0.15) is 0 Å². The summed E-state index contributed by atoms with van der Waals surface area (Å²) in [5, 5.41) is 87.1. The Morgan fingerprint density at radius 2 is 0.645 bits per heavy atom. The number of unbranched alkanes of at least 4 members (excludes halogenated alkanes) is 3. The Hall–Kier alpha value is -7.11. The standard InChI is InChI=1S/C25H28O2.2C17H20O3.C16H17BrO2.C16H16O2.C9H12.CH2O3.CH3.2K.Pd.H/c1-20-16-23(18-24(17-20)27-19-22-13-6-3-7-14-22)25(26)15-9-8-12-21-10-4-2-5-11-21;2*18-15-10-14(11-16(19)12-15)17(20)9-5-4-8-13-6-2-1-3-7-13;1-12-7-14(16(18)10-17)9-15(8-12)19-11-13-5-3-2-4-6-13;1-12-7-14(16-11-18-16)9-15(8-12)17-10-13-5-3-2-4-6-13;1-2-6-9-7-4-3-5-8-9;2-1-4-3;;;;;/h2-7,10-11,13-14,16-18,25-26H,8-9,12,15,19H2,1H3;2*1-3,6-7,10-12,17-20H,4-5,8-9H2;2-9,16,18H,10-11H2,1H3;2-9,16H,10-11H2,1H3;3-5,7-8H,2,6H2,1H3;1,3H;1H3;;;;/q;;;;;;;-1;2*+1;;-1/p-1. The maximum Gasteiger partial charge on any atom is 1.00 e. The molecule has 5 atom stereocenters. The summed E-state index contributed by atoms with van der Waals surface area (Å²) >= 11 is 3.29. The first kappa shape index (κ1) is 108. The number of rotatable bonds is 33. The van der Waals surface area contributed by atoms with Crippen LogP contribution >= 0.6 is 15.9 Å². The largest absolute Gasteiger partial charge is 1.00 e.